The Morgan fingerprint density at radius 2 is 1.88 bits per heavy atom. The lowest BCUT2D eigenvalue weighted by Crippen LogP contribution is -2.23. The Morgan fingerprint density at radius 3 is 2.35 bits per heavy atom. The van der Waals surface area contributed by atoms with Gasteiger partial charge in [-0.15, -0.1) is 0 Å². The van der Waals surface area contributed by atoms with Crippen LogP contribution in [0.15, 0.2) is 24.3 Å². The molecule has 0 fully saturated rings. The molecule has 0 saturated carbocycles. The van der Waals surface area contributed by atoms with Crippen molar-refractivity contribution in [2.45, 2.75) is 6.18 Å². The Hall–Kier alpha value is -1.41. The number of rotatable bonds is 3. The van der Waals surface area contributed by atoms with Gasteiger partial charge in [0.25, 0.3) is 0 Å². The van der Waals surface area contributed by atoms with Gasteiger partial charge in [-0.25, -0.2) is 13.6 Å². The Labute approximate surface area is 95.3 Å². The van der Waals surface area contributed by atoms with E-state index in [1.165, 1.54) is 0 Å². The number of primary sulfonamides is 1. The maximum absolute atomic E-state index is 12.3. The van der Waals surface area contributed by atoms with Crippen molar-refractivity contribution in [3.8, 4) is 0 Å². The molecule has 0 radical (unpaired) electrons. The van der Waals surface area contributed by atoms with Gasteiger partial charge < -0.3 is 0 Å². The summed E-state index contributed by atoms with van der Waals surface area (Å²) >= 11 is 0. The van der Waals surface area contributed by atoms with Crippen LogP contribution in [-0.4, -0.2) is 20.0 Å². The molecule has 8 heteroatoms. The van der Waals surface area contributed by atoms with Gasteiger partial charge in [-0.3, -0.25) is 4.79 Å². The first-order valence-electron chi connectivity index (χ1n) is 4.30. The third-order valence-electron chi connectivity index (χ3n) is 1.84. The summed E-state index contributed by atoms with van der Waals surface area (Å²) in [5.74, 6) is -1.99. The van der Waals surface area contributed by atoms with Crippen molar-refractivity contribution in [3.05, 3.63) is 35.4 Å². The van der Waals surface area contributed by atoms with Gasteiger partial charge in [0.1, 0.15) is 5.75 Å². The highest BCUT2D eigenvalue weighted by Crippen LogP contribution is 2.29. The molecule has 0 aliphatic rings. The summed E-state index contributed by atoms with van der Waals surface area (Å²) in [6, 6.07) is 3.50. The average Bonchev–Trinajstić information content (AvgIpc) is 2.14. The van der Waals surface area contributed by atoms with Crippen LogP contribution in [0.2, 0.25) is 0 Å². The van der Waals surface area contributed by atoms with E-state index in [4.69, 9.17) is 0 Å². The standard InChI is InChI=1S/C9H8F3NO3S/c10-9(11,12)7-3-1-2-6(4-7)8(14)5-17(13,15)16/h1-4H,5H2,(H2,13,15,16). The lowest BCUT2D eigenvalue weighted by atomic mass is 10.1. The minimum Gasteiger partial charge on any atom is -0.293 e. The van der Waals surface area contributed by atoms with Gasteiger partial charge in [0.2, 0.25) is 10.0 Å². The topological polar surface area (TPSA) is 77.2 Å². The molecule has 0 aromatic heterocycles. The Balaban J connectivity index is 3.05. The number of hydrogen-bond acceptors (Lipinski definition) is 3. The van der Waals surface area contributed by atoms with Gasteiger partial charge >= 0.3 is 6.18 Å². The third kappa shape index (κ3) is 4.16. The van der Waals surface area contributed by atoms with Crippen LogP contribution in [0.25, 0.3) is 0 Å². The highest BCUT2D eigenvalue weighted by molar-refractivity contribution is 7.89. The number of carbonyl (C=O) groups is 1. The molecule has 0 aliphatic carbocycles. The maximum atomic E-state index is 12.3. The van der Waals surface area contributed by atoms with Gasteiger partial charge in [-0.1, -0.05) is 12.1 Å². The molecular formula is C9H8F3NO3S. The molecule has 0 unspecified atom stereocenters. The zero-order valence-electron chi connectivity index (χ0n) is 8.36. The molecule has 17 heavy (non-hydrogen) atoms. The van der Waals surface area contributed by atoms with Gasteiger partial charge in [0.15, 0.2) is 5.78 Å². The molecule has 4 nitrogen and oxygen atoms in total. The van der Waals surface area contributed by atoms with Crippen molar-refractivity contribution >= 4 is 15.8 Å². The maximum Gasteiger partial charge on any atom is 0.416 e. The van der Waals surface area contributed by atoms with Crippen LogP contribution in [0.3, 0.4) is 0 Å². The smallest absolute Gasteiger partial charge is 0.293 e. The van der Waals surface area contributed by atoms with Crippen molar-refractivity contribution < 1.29 is 26.4 Å². The van der Waals surface area contributed by atoms with E-state index in [1.54, 1.807) is 0 Å². The average molecular weight is 267 g/mol. The number of Topliss-reactive ketones (excluding diaryl/α,β-unsaturated/α-hetero) is 1. The monoisotopic (exact) mass is 267 g/mol. The normalized spacial score (nSPS) is 12.5. The number of sulfonamides is 1. The SMILES string of the molecule is NS(=O)(=O)CC(=O)c1cccc(C(F)(F)F)c1. The van der Waals surface area contributed by atoms with Crippen LogP contribution in [0, 0.1) is 0 Å². The number of carbonyl (C=O) groups excluding carboxylic acids is 1. The molecule has 94 valence electrons. The van der Waals surface area contributed by atoms with Gasteiger partial charge in [0.05, 0.1) is 5.56 Å². The molecule has 0 amide bonds. The molecular weight excluding hydrogens is 259 g/mol. The van der Waals surface area contributed by atoms with Crippen LogP contribution < -0.4 is 5.14 Å². The largest absolute Gasteiger partial charge is 0.416 e. The van der Waals surface area contributed by atoms with E-state index in [0.29, 0.717) is 6.07 Å². The van der Waals surface area contributed by atoms with Gasteiger partial charge in [-0.2, -0.15) is 13.2 Å². The molecule has 0 heterocycles. The molecule has 0 spiro atoms. The number of halogens is 3. The zero-order valence-corrected chi connectivity index (χ0v) is 9.18. The van der Waals surface area contributed by atoms with Crippen LogP contribution in [-0.2, 0) is 16.2 Å². The van der Waals surface area contributed by atoms with Crippen molar-refractivity contribution in [3.63, 3.8) is 0 Å². The fourth-order valence-corrected chi connectivity index (χ4v) is 1.67. The molecule has 1 aromatic carbocycles. The highest BCUT2D eigenvalue weighted by atomic mass is 32.2. The second-order valence-corrected chi connectivity index (χ2v) is 4.92. The number of benzene rings is 1. The Kier molecular flexibility index (Phi) is 3.58. The Bertz CT molecular complexity index is 537. The van der Waals surface area contributed by atoms with Crippen molar-refractivity contribution in [1.82, 2.24) is 0 Å². The summed E-state index contributed by atoms with van der Waals surface area (Å²) in [7, 11) is -4.05. The van der Waals surface area contributed by atoms with Crippen LogP contribution in [0.4, 0.5) is 13.2 Å². The summed E-state index contributed by atoms with van der Waals surface area (Å²) < 4.78 is 58.2. The van der Waals surface area contributed by atoms with Crippen LogP contribution >= 0.6 is 0 Å². The zero-order chi connectivity index (χ0) is 13.3. The molecule has 0 aliphatic heterocycles. The fourth-order valence-electron chi connectivity index (χ4n) is 1.14. The van der Waals surface area contributed by atoms with Crippen molar-refractivity contribution in [2.75, 3.05) is 5.75 Å². The number of ketones is 1. The van der Waals surface area contributed by atoms with Gasteiger partial charge in [-0.05, 0) is 12.1 Å². The Morgan fingerprint density at radius 1 is 1.29 bits per heavy atom. The van der Waals surface area contributed by atoms with E-state index in [0.717, 1.165) is 18.2 Å². The predicted octanol–water partition coefficient (Wildman–Crippen LogP) is 1.18. The molecule has 0 atom stereocenters. The van der Waals surface area contributed by atoms with E-state index < -0.39 is 33.3 Å². The summed E-state index contributed by atoms with van der Waals surface area (Å²) in [6.45, 7) is 0. The summed E-state index contributed by atoms with van der Waals surface area (Å²) in [5.41, 5.74) is -1.35. The molecule has 1 aromatic rings. The molecule has 1 rings (SSSR count). The van der Waals surface area contributed by atoms with E-state index in [2.05, 4.69) is 5.14 Å². The molecule has 0 saturated heterocycles. The van der Waals surface area contributed by atoms with E-state index in [-0.39, 0.29) is 5.56 Å². The fraction of sp³-hybridized carbons (Fsp3) is 0.222. The molecule has 0 bridgehead atoms. The number of alkyl halides is 3. The highest BCUT2D eigenvalue weighted by Gasteiger charge is 2.31. The third-order valence-corrected chi connectivity index (χ3v) is 2.51. The first kappa shape index (κ1) is 13.7. The van der Waals surface area contributed by atoms with Crippen LogP contribution in [0.5, 0.6) is 0 Å². The van der Waals surface area contributed by atoms with Gasteiger partial charge in [0, 0.05) is 5.56 Å². The minimum absolute atomic E-state index is 0.339. The van der Waals surface area contributed by atoms with Crippen LogP contribution in [0.1, 0.15) is 15.9 Å². The second-order valence-electron chi connectivity index (χ2n) is 3.31. The second kappa shape index (κ2) is 4.46. The quantitative estimate of drug-likeness (QED) is 0.835. The lowest BCUT2D eigenvalue weighted by molar-refractivity contribution is -0.137. The minimum atomic E-state index is -4.59. The van der Waals surface area contributed by atoms with E-state index in [1.807, 2.05) is 0 Å². The lowest BCUT2D eigenvalue weighted by Gasteiger charge is -2.07. The predicted molar refractivity (Wildman–Crippen MR) is 53.7 cm³/mol. The first-order valence-corrected chi connectivity index (χ1v) is 6.02. The first-order chi connectivity index (χ1) is 7.59. The van der Waals surface area contributed by atoms with Crippen molar-refractivity contribution in [2.24, 2.45) is 5.14 Å². The van der Waals surface area contributed by atoms with E-state index >= 15 is 0 Å². The molecule has 2 N–H and O–H groups in total. The van der Waals surface area contributed by atoms with Crippen molar-refractivity contribution in [1.29, 1.82) is 0 Å². The summed E-state index contributed by atoms with van der Waals surface area (Å²) in [4.78, 5) is 11.3. The van der Waals surface area contributed by atoms with E-state index in [9.17, 15) is 26.4 Å². The number of nitrogens with two attached hydrogens (primary N) is 1. The summed E-state index contributed by atoms with van der Waals surface area (Å²) in [5, 5.41) is 4.63. The number of hydrogen-bond donors (Lipinski definition) is 1. The summed E-state index contributed by atoms with van der Waals surface area (Å²) in [6.07, 6.45) is -4.59.